The maximum atomic E-state index is 12.1. The topological polar surface area (TPSA) is 41.1 Å². The number of amides is 1. The molecule has 0 radical (unpaired) electrons. The van der Waals surface area contributed by atoms with Crippen molar-refractivity contribution in [3.63, 3.8) is 0 Å². The summed E-state index contributed by atoms with van der Waals surface area (Å²) in [4.78, 5) is 12.1. The third-order valence-electron chi connectivity index (χ3n) is 4.38. The van der Waals surface area contributed by atoms with Crippen molar-refractivity contribution >= 4 is 5.91 Å². The molecular formula is C17H34N2O. The van der Waals surface area contributed by atoms with Gasteiger partial charge in [0, 0.05) is 12.5 Å². The monoisotopic (exact) mass is 282 g/mol. The minimum Gasteiger partial charge on any atom is -0.354 e. The van der Waals surface area contributed by atoms with Crippen molar-refractivity contribution in [3.8, 4) is 0 Å². The second-order valence-electron chi connectivity index (χ2n) is 7.86. The summed E-state index contributed by atoms with van der Waals surface area (Å²) in [5, 5.41) is 6.60. The lowest BCUT2D eigenvalue weighted by Crippen LogP contribution is -2.38. The lowest BCUT2D eigenvalue weighted by atomic mass is 9.85. The number of hydrogen-bond acceptors (Lipinski definition) is 2. The Labute approximate surface area is 125 Å². The number of carbonyl (C=O) groups is 1. The Morgan fingerprint density at radius 1 is 1.35 bits per heavy atom. The van der Waals surface area contributed by atoms with E-state index in [1.807, 2.05) is 0 Å². The highest BCUT2D eigenvalue weighted by Crippen LogP contribution is 2.23. The van der Waals surface area contributed by atoms with E-state index in [0.717, 1.165) is 25.9 Å². The molecule has 20 heavy (non-hydrogen) atoms. The van der Waals surface area contributed by atoms with E-state index in [-0.39, 0.29) is 5.91 Å². The quantitative estimate of drug-likeness (QED) is 0.784. The summed E-state index contributed by atoms with van der Waals surface area (Å²) < 4.78 is 0. The van der Waals surface area contributed by atoms with Crippen LogP contribution in [0.25, 0.3) is 0 Å². The van der Waals surface area contributed by atoms with Crippen molar-refractivity contribution in [3.05, 3.63) is 0 Å². The average Bonchev–Trinajstić information content (AvgIpc) is 2.36. The highest BCUT2D eigenvalue weighted by atomic mass is 16.1. The normalized spacial score (nSPS) is 23.1. The fraction of sp³-hybridized carbons (Fsp3) is 0.941. The molecule has 0 aromatic carbocycles. The van der Waals surface area contributed by atoms with E-state index in [0.29, 0.717) is 29.7 Å². The van der Waals surface area contributed by atoms with Crippen LogP contribution in [0.3, 0.4) is 0 Å². The fourth-order valence-corrected chi connectivity index (χ4v) is 2.88. The van der Waals surface area contributed by atoms with Crippen LogP contribution in [0.2, 0.25) is 0 Å². The summed E-state index contributed by atoms with van der Waals surface area (Å²) >= 11 is 0. The summed E-state index contributed by atoms with van der Waals surface area (Å²) in [6.45, 7) is 13.3. The van der Waals surface area contributed by atoms with Gasteiger partial charge in [-0.25, -0.2) is 0 Å². The predicted octanol–water partition coefficient (Wildman–Crippen LogP) is 3.34. The molecule has 1 fully saturated rings. The first-order chi connectivity index (χ1) is 9.28. The van der Waals surface area contributed by atoms with Crippen LogP contribution < -0.4 is 10.6 Å². The van der Waals surface area contributed by atoms with E-state index < -0.39 is 0 Å². The van der Waals surface area contributed by atoms with E-state index in [4.69, 9.17) is 0 Å². The van der Waals surface area contributed by atoms with Crippen molar-refractivity contribution in [2.24, 2.45) is 17.3 Å². The Bertz CT molecular complexity index is 290. The largest absolute Gasteiger partial charge is 0.354 e. The first kappa shape index (κ1) is 17.5. The minimum absolute atomic E-state index is 0.226. The zero-order chi connectivity index (χ0) is 15.2. The van der Waals surface area contributed by atoms with Gasteiger partial charge in [0.05, 0.1) is 0 Å². The molecule has 0 aromatic heterocycles. The van der Waals surface area contributed by atoms with Crippen molar-refractivity contribution in [2.45, 2.75) is 72.8 Å². The van der Waals surface area contributed by atoms with E-state index in [2.05, 4.69) is 45.3 Å². The summed E-state index contributed by atoms with van der Waals surface area (Å²) in [5.41, 5.74) is 0.347. The molecule has 1 heterocycles. The van der Waals surface area contributed by atoms with Gasteiger partial charge in [-0.15, -0.1) is 0 Å². The average molecular weight is 282 g/mol. The lowest BCUT2D eigenvalue weighted by Gasteiger charge is -2.28. The molecule has 118 valence electrons. The highest BCUT2D eigenvalue weighted by Gasteiger charge is 2.22. The van der Waals surface area contributed by atoms with Gasteiger partial charge in [0.2, 0.25) is 5.91 Å². The van der Waals surface area contributed by atoms with Gasteiger partial charge in [-0.3, -0.25) is 4.79 Å². The summed E-state index contributed by atoms with van der Waals surface area (Å²) in [6.07, 6.45) is 5.40. The third kappa shape index (κ3) is 7.28. The molecule has 1 aliphatic rings. The molecule has 1 aliphatic heterocycles. The van der Waals surface area contributed by atoms with E-state index >= 15 is 0 Å². The second-order valence-corrected chi connectivity index (χ2v) is 7.86. The zero-order valence-corrected chi connectivity index (χ0v) is 14.1. The Kier molecular flexibility index (Phi) is 7.01. The van der Waals surface area contributed by atoms with Gasteiger partial charge < -0.3 is 10.6 Å². The van der Waals surface area contributed by atoms with Crippen LogP contribution in [0, 0.1) is 17.3 Å². The van der Waals surface area contributed by atoms with Crippen molar-refractivity contribution < 1.29 is 4.79 Å². The predicted molar refractivity (Wildman–Crippen MR) is 85.7 cm³/mol. The second kappa shape index (κ2) is 8.02. The summed E-state index contributed by atoms with van der Waals surface area (Å²) in [6, 6.07) is 0.290. The molecule has 0 aromatic rings. The van der Waals surface area contributed by atoms with Gasteiger partial charge in [0.25, 0.3) is 0 Å². The molecule has 0 bridgehead atoms. The smallest absolute Gasteiger partial charge is 0.220 e. The number of carbonyl (C=O) groups excluding carboxylic acids is 1. The van der Waals surface area contributed by atoms with Crippen molar-refractivity contribution in [2.75, 3.05) is 13.1 Å². The first-order valence-corrected chi connectivity index (χ1v) is 8.28. The van der Waals surface area contributed by atoms with Crippen LogP contribution in [0.4, 0.5) is 0 Å². The number of rotatable bonds is 6. The Balaban J connectivity index is 2.24. The standard InChI is InChI=1S/C17H34N2O/c1-13(15-7-6-10-18-12-15)11-16(20)19-14(2)8-9-17(3,4)5/h13-15,18H,6-12H2,1-5H3,(H,19,20). The van der Waals surface area contributed by atoms with Crippen LogP contribution in [0.15, 0.2) is 0 Å². The van der Waals surface area contributed by atoms with Crippen molar-refractivity contribution in [1.82, 2.24) is 10.6 Å². The van der Waals surface area contributed by atoms with Crippen LogP contribution in [0.1, 0.15) is 66.7 Å². The van der Waals surface area contributed by atoms with Crippen LogP contribution in [0.5, 0.6) is 0 Å². The van der Waals surface area contributed by atoms with Gasteiger partial charge in [0.1, 0.15) is 0 Å². The van der Waals surface area contributed by atoms with E-state index in [1.165, 1.54) is 12.8 Å². The van der Waals surface area contributed by atoms with Crippen LogP contribution in [-0.2, 0) is 4.79 Å². The zero-order valence-electron chi connectivity index (χ0n) is 14.1. The molecule has 1 amide bonds. The summed E-state index contributed by atoms with van der Waals surface area (Å²) in [5.74, 6) is 1.38. The molecule has 0 aliphatic carbocycles. The van der Waals surface area contributed by atoms with Crippen LogP contribution >= 0.6 is 0 Å². The lowest BCUT2D eigenvalue weighted by molar-refractivity contribution is -0.123. The number of hydrogen-bond donors (Lipinski definition) is 2. The van der Waals surface area contributed by atoms with Gasteiger partial charge in [0.15, 0.2) is 0 Å². The molecule has 1 saturated heterocycles. The molecule has 3 heteroatoms. The highest BCUT2D eigenvalue weighted by molar-refractivity contribution is 5.76. The molecule has 0 spiro atoms. The Morgan fingerprint density at radius 2 is 2.05 bits per heavy atom. The van der Waals surface area contributed by atoms with Gasteiger partial charge >= 0.3 is 0 Å². The number of piperidine rings is 1. The van der Waals surface area contributed by atoms with Gasteiger partial charge in [-0.05, 0) is 62.9 Å². The Hall–Kier alpha value is -0.570. The molecule has 0 saturated carbocycles. The fourth-order valence-electron chi connectivity index (χ4n) is 2.88. The van der Waals surface area contributed by atoms with Gasteiger partial charge in [-0.2, -0.15) is 0 Å². The maximum Gasteiger partial charge on any atom is 0.220 e. The SMILES string of the molecule is CC(CCC(C)(C)C)NC(=O)CC(C)C1CCCNC1. The van der Waals surface area contributed by atoms with Crippen LogP contribution in [-0.4, -0.2) is 25.0 Å². The molecule has 3 atom stereocenters. The Morgan fingerprint density at radius 3 is 2.60 bits per heavy atom. The number of nitrogens with one attached hydrogen (secondary N) is 2. The molecule has 2 N–H and O–H groups in total. The molecule has 3 unspecified atom stereocenters. The minimum atomic E-state index is 0.226. The first-order valence-electron chi connectivity index (χ1n) is 8.28. The maximum absolute atomic E-state index is 12.1. The van der Waals surface area contributed by atoms with Crippen molar-refractivity contribution in [1.29, 1.82) is 0 Å². The van der Waals surface area contributed by atoms with E-state index in [1.54, 1.807) is 0 Å². The molecular weight excluding hydrogens is 248 g/mol. The third-order valence-corrected chi connectivity index (χ3v) is 4.38. The van der Waals surface area contributed by atoms with E-state index in [9.17, 15) is 4.79 Å². The molecule has 3 nitrogen and oxygen atoms in total. The summed E-state index contributed by atoms with van der Waals surface area (Å²) in [7, 11) is 0. The van der Waals surface area contributed by atoms with Gasteiger partial charge in [-0.1, -0.05) is 27.7 Å². The molecule has 1 rings (SSSR count).